The largest absolute Gasteiger partial charge is 0.444 e. The van der Waals surface area contributed by atoms with Gasteiger partial charge >= 0.3 is 12.3 Å². The Balaban J connectivity index is 1.84. The van der Waals surface area contributed by atoms with Gasteiger partial charge in [-0.2, -0.15) is 13.2 Å². The van der Waals surface area contributed by atoms with E-state index in [0.29, 0.717) is 23.0 Å². The molecule has 0 fully saturated rings. The summed E-state index contributed by atoms with van der Waals surface area (Å²) < 4.78 is 45.2. The maximum Gasteiger partial charge on any atom is 0.432 e. The molecule has 0 aliphatic carbocycles. The van der Waals surface area contributed by atoms with E-state index in [4.69, 9.17) is 10.1 Å². The fourth-order valence-corrected chi connectivity index (χ4v) is 4.44. The Kier molecular flexibility index (Phi) is 11.7. The molecular formula is C34H39F3N4O3. The van der Waals surface area contributed by atoms with Crippen LogP contribution in [0.5, 0.6) is 0 Å². The van der Waals surface area contributed by atoms with Gasteiger partial charge in [-0.25, -0.2) is 4.79 Å². The van der Waals surface area contributed by atoms with Gasteiger partial charge in [0, 0.05) is 23.8 Å². The molecule has 0 saturated heterocycles. The van der Waals surface area contributed by atoms with E-state index in [0.717, 1.165) is 30.4 Å². The van der Waals surface area contributed by atoms with E-state index in [-0.39, 0.29) is 12.5 Å². The summed E-state index contributed by atoms with van der Waals surface area (Å²) in [6.45, 7) is 7.41. The molecule has 3 aromatic carbocycles. The number of nitrogens with one attached hydrogen (secondary N) is 4. The number of allylic oxidation sites excluding steroid dienone is 1. The molecule has 2 amide bonds. The highest BCUT2D eigenvalue weighted by Crippen LogP contribution is 2.31. The summed E-state index contributed by atoms with van der Waals surface area (Å²) in [6, 6.07) is 23.7. The van der Waals surface area contributed by atoms with Crippen LogP contribution in [0.15, 0.2) is 90.6 Å². The van der Waals surface area contributed by atoms with Gasteiger partial charge in [0.15, 0.2) is 0 Å². The molecule has 3 aromatic rings. The summed E-state index contributed by atoms with van der Waals surface area (Å²) in [5.74, 6) is -0.769. The van der Waals surface area contributed by atoms with Crippen molar-refractivity contribution in [3.05, 3.63) is 107 Å². The van der Waals surface area contributed by atoms with E-state index in [1.165, 1.54) is 0 Å². The highest BCUT2D eigenvalue weighted by molar-refractivity contribution is 6.11. The average molecular weight is 609 g/mol. The summed E-state index contributed by atoms with van der Waals surface area (Å²) in [4.78, 5) is 25.4. The molecule has 0 aromatic heterocycles. The van der Waals surface area contributed by atoms with Crippen LogP contribution in [0.4, 0.5) is 29.3 Å². The molecular weight excluding hydrogens is 569 g/mol. The predicted molar refractivity (Wildman–Crippen MR) is 168 cm³/mol. The zero-order valence-corrected chi connectivity index (χ0v) is 25.3. The number of unbranched alkanes of at least 4 members (excludes halogenated alkanes) is 1. The van der Waals surface area contributed by atoms with Gasteiger partial charge in [0.2, 0.25) is 0 Å². The molecule has 0 aliphatic heterocycles. The second-order valence-corrected chi connectivity index (χ2v) is 11.3. The maximum absolute atomic E-state index is 13.4. The average Bonchev–Trinajstić information content (AvgIpc) is 2.95. The standard InChI is InChI=1S/C34H39F3N4O3/c1-5-6-18-28(24-13-8-7-9-14-24)25-15-11-17-27(20-25)41-31(42)29(21-30(38)34(35,36)37)40-26-16-10-12-23(19-26)22-39-32(43)44-33(2,3)4/h7-17,19-21,28,38,40H,5-6,18,22H2,1-4H3,(H,39,43)(H,41,42)/b29-21-,38-30?. The van der Waals surface area contributed by atoms with Crippen LogP contribution in [-0.4, -0.2) is 29.5 Å². The molecule has 7 nitrogen and oxygen atoms in total. The van der Waals surface area contributed by atoms with Gasteiger partial charge in [0.05, 0.1) is 0 Å². The Bertz CT molecular complexity index is 1460. The fourth-order valence-electron chi connectivity index (χ4n) is 4.44. The van der Waals surface area contributed by atoms with Crippen LogP contribution in [0.3, 0.4) is 0 Å². The Hall–Kier alpha value is -4.60. The third-order valence-electron chi connectivity index (χ3n) is 6.48. The molecule has 0 aliphatic rings. The Morgan fingerprint density at radius 1 is 0.886 bits per heavy atom. The van der Waals surface area contributed by atoms with Crippen LogP contribution in [0, 0.1) is 5.41 Å². The lowest BCUT2D eigenvalue weighted by Gasteiger charge is -2.20. The number of alkyl halides is 3. The Morgan fingerprint density at radius 3 is 2.16 bits per heavy atom. The van der Waals surface area contributed by atoms with E-state index in [1.54, 1.807) is 57.2 Å². The lowest BCUT2D eigenvalue weighted by molar-refractivity contribution is -0.112. The van der Waals surface area contributed by atoms with Crippen LogP contribution >= 0.6 is 0 Å². The smallest absolute Gasteiger partial charge is 0.432 e. The highest BCUT2D eigenvalue weighted by atomic mass is 19.4. The van der Waals surface area contributed by atoms with Crippen molar-refractivity contribution in [3.63, 3.8) is 0 Å². The molecule has 4 N–H and O–H groups in total. The Morgan fingerprint density at radius 2 is 1.52 bits per heavy atom. The van der Waals surface area contributed by atoms with Crippen molar-refractivity contribution in [2.24, 2.45) is 0 Å². The number of halogens is 3. The number of carbonyl (C=O) groups is 2. The van der Waals surface area contributed by atoms with Gasteiger partial charge in [-0.1, -0.05) is 74.4 Å². The molecule has 1 atom stereocenters. The van der Waals surface area contributed by atoms with E-state index >= 15 is 0 Å². The van der Waals surface area contributed by atoms with Gasteiger partial charge < -0.3 is 20.7 Å². The number of hydrogen-bond donors (Lipinski definition) is 4. The number of rotatable bonds is 12. The molecule has 0 bridgehead atoms. The van der Waals surface area contributed by atoms with E-state index in [2.05, 4.69) is 35.0 Å². The fraction of sp³-hybridized carbons (Fsp3) is 0.324. The number of benzene rings is 3. The number of hydrogen-bond acceptors (Lipinski definition) is 5. The lowest BCUT2D eigenvalue weighted by atomic mass is 9.87. The quantitative estimate of drug-likeness (QED) is 0.122. The number of anilines is 2. The SMILES string of the molecule is CCCCC(c1ccccc1)c1cccc(NC(=O)/C(=C/C(=N)C(F)(F)F)Nc2cccc(CNC(=O)OC(C)(C)C)c2)c1. The minimum atomic E-state index is -4.95. The third-order valence-corrected chi connectivity index (χ3v) is 6.48. The number of ether oxygens (including phenoxy) is 1. The topological polar surface area (TPSA) is 103 Å². The molecule has 0 radical (unpaired) electrons. The molecule has 0 spiro atoms. The predicted octanol–water partition coefficient (Wildman–Crippen LogP) is 8.55. The van der Waals surface area contributed by atoms with E-state index < -0.39 is 35.2 Å². The van der Waals surface area contributed by atoms with Gasteiger partial charge in [0.25, 0.3) is 5.91 Å². The van der Waals surface area contributed by atoms with Crippen LogP contribution in [0.1, 0.15) is 69.6 Å². The molecule has 10 heteroatoms. The monoisotopic (exact) mass is 608 g/mol. The second kappa shape index (κ2) is 15.2. The van der Waals surface area contributed by atoms with Crippen molar-refractivity contribution in [3.8, 4) is 0 Å². The number of carbonyl (C=O) groups excluding carboxylic acids is 2. The highest BCUT2D eigenvalue weighted by Gasteiger charge is 2.33. The normalized spacial score (nSPS) is 12.7. The molecule has 1 unspecified atom stereocenters. The van der Waals surface area contributed by atoms with Crippen molar-refractivity contribution in [2.75, 3.05) is 10.6 Å². The second-order valence-electron chi connectivity index (χ2n) is 11.3. The van der Waals surface area contributed by atoms with Crippen LogP contribution in [-0.2, 0) is 16.1 Å². The third kappa shape index (κ3) is 10.9. The van der Waals surface area contributed by atoms with Crippen molar-refractivity contribution in [1.29, 1.82) is 5.41 Å². The van der Waals surface area contributed by atoms with Gasteiger partial charge in [-0.15, -0.1) is 0 Å². The lowest BCUT2D eigenvalue weighted by Crippen LogP contribution is -2.32. The first kappa shape index (κ1) is 33.9. The molecule has 234 valence electrons. The number of amides is 2. The maximum atomic E-state index is 13.4. The van der Waals surface area contributed by atoms with Crippen molar-refractivity contribution >= 4 is 29.1 Å². The van der Waals surface area contributed by atoms with E-state index in [1.807, 2.05) is 30.3 Å². The summed E-state index contributed by atoms with van der Waals surface area (Å²) >= 11 is 0. The van der Waals surface area contributed by atoms with Crippen molar-refractivity contribution in [2.45, 2.75) is 71.2 Å². The molecule has 44 heavy (non-hydrogen) atoms. The summed E-state index contributed by atoms with van der Waals surface area (Å²) in [5, 5.41) is 15.5. The van der Waals surface area contributed by atoms with Crippen molar-refractivity contribution in [1.82, 2.24) is 5.32 Å². The summed E-state index contributed by atoms with van der Waals surface area (Å²) in [6.07, 6.45) is -2.21. The van der Waals surface area contributed by atoms with Crippen LogP contribution < -0.4 is 16.0 Å². The molecule has 0 saturated carbocycles. The minimum Gasteiger partial charge on any atom is -0.444 e. The van der Waals surface area contributed by atoms with E-state index in [9.17, 15) is 22.8 Å². The summed E-state index contributed by atoms with van der Waals surface area (Å²) in [7, 11) is 0. The number of alkyl carbamates (subject to hydrolysis) is 1. The Labute approximate surface area is 256 Å². The zero-order chi connectivity index (χ0) is 32.3. The zero-order valence-electron chi connectivity index (χ0n) is 25.3. The minimum absolute atomic E-state index is 0.0802. The van der Waals surface area contributed by atoms with Crippen molar-refractivity contribution < 1.29 is 27.5 Å². The van der Waals surface area contributed by atoms with Gasteiger partial charge in [0.1, 0.15) is 17.0 Å². The first-order valence-corrected chi connectivity index (χ1v) is 14.4. The van der Waals surface area contributed by atoms with Gasteiger partial charge in [-0.3, -0.25) is 10.2 Å². The first-order chi connectivity index (χ1) is 20.7. The van der Waals surface area contributed by atoms with Crippen LogP contribution in [0.2, 0.25) is 0 Å². The molecule has 0 heterocycles. The molecule has 3 rings (SSSR count). The summed E-state index contributed by atoms with van der Waals surface area (Å²) in [5.41, 5.74) is 0.574. The van der Waals surface area contributed by atoms with Gasteiger partial charge in [-0.05, 0) is 74.2 Å². The first-order valence-electron chi connectivity index (χ1n) is 14.4. The van der Waals surface area contributed by atoms with Crippen LogP contribution in [0.25, 0.3) is 0 Å².